The van der Waals surface area contributed by atoms with Crippen molar-refractivity contribution in [3.05, 3.63) is 29.3 Å². The summed E-state index contributed by atoms with van der Waals surface area (Å²) in [6, 6.07) is 6.14. The number of hydrogen-bond acceptors (Lipinski definition) is 3. The molecule has 110 valence electrons. The van der Waals surface area contributed by atoms with Crippen LogP contribution >= 0.6 is 0 Å². The first-order valence-corrected chi connectivity index (χ1v) is 6.97. The Hall–Kier alpha value is -0.835. The molecule has 1 N–H and O–H groups in total. The summed E-state index contributed by atoms with van der Waals surface area (Å²) in [7, 11) is -0.312. The molecule has 3 rings (SSSR count). The highest BCUT2D eigenvalue weighted by molar-refractivity contribution is 6.62. The minimum Gasteiger partial charge on any atom is -0.399 e. The highest BCUT2D eigenvalue weighted by Crippen LogP contribution is 2.37. The Morgan fingerprint density at radius 2 is 1.75 bits per heavy atom. The summed E-state index contributed by atoms with van der Waals surface area (Å²) in [4.78, 5) is 0. The number of aliphatic hydroxyl groups is 1. The monoisotopic (exact) mass is 276 g/mol. The van der Waals surface area contributed by atoms with Gasteiger partial charge < -0.3 is 14.4 Å². The van der Waals surface area contributed by atoms with Gasteiger partial charge in [0, 0.05) is 0 Å². The van der Waals surface area contributed by atoms with Gasteiger partial charge in [-0.2, -0.15) is 0 Å². The second-order valence-corrected chi connectivity index (χ2v) is 6.60. The largest absolute Gasteiger partial charge is 0.494 e. The molecule has 3 nitrogen and oxygen atoms in total. The smallest absolute Gasteiger partial charge is 0.399 e. The Bertz CT molecular complexity index is 494. The van der Waals surface area contributed by atoms with E-state index in [2.05, 4.69) is 33.8 Å². The van der Waals surface area contributed by atoms with E-state index in [0.717, 1.165) is 23.9 Å². The van der Waals surface area contributed by atoms with E-state index in [1.807, 2.05) is 12.1 Å². The van der Waals surface area contributed by atoms with E-state index >= 15 is 0 Å². The molecule has 4 heteroatoms. The lowest BCUT2D eigenvalue weighted by Crippen LogP contribution is -2.41. The Balaban J connectivity index is 0.00000147. The molecule has 0 unspecified atom stereocenters. The first-order chi connectivity index (χ1) is 8.80. The van der Waals surface area contributed by atoms with Crippen molar-refractivity contribution in [3.8, 4) is 0 Å². The van der Waals surface area contributed by atoms with Crippen molar-refractivity contribution in [2.45, 2.75) is 65.3 Å². The molecule has 1 aliphatic carbocycles. The van der Waals surface area contributed by atoms with Gasteiger partial charge in [-0.3, -0.25) is 0 Å². The molecule has 1 aromatic rings. The first kappa shape index (κ1) is 15.6. The van der Waals surface area contributed by atoms with E-state index < -0.39 is 0 Å². The number of hydrogen-bond donors (Lipinski definition) is 1. The van der Waals surface area contributed by atoms with E-state index in [9.17, 15) is 5.11 Å². The standard InChI is InChI=1S/C15H21BO3.CH4/c1-14(2)15(3,4)19-16(18-14)11-6-7-12-10(9-11)5-8-13(12)17;/h6-7,9,13,17H,5,8H2,1-4H3;1H4/t13-;/m0./s1. The highest BCUT2D eigenvalue weighted by Gasteiger charge is 2.51. The van der Waals surface area contributed by atoms with Crippen LogP contribution in [0.2, 0.25) is 0 Å². The maximum absolute atomic E-state index is 9.84. The molecular weight excluding hydrogens is 251 g/mol. The first-order valence-electron chi connectivity index (χ1n) is 6.97. The third-order valence-electron chi connectivity index (χ3n) is 4.74. The predicted octanol–water partition coefficient (Wildman–Crippen LogP) is 2.60. The van der Waals surface area contributed by atoms with Crippen molar-refractivity contribution in [1.29, 1.82) is 0 Å². The Kier molecular flexibility index (Phi) is 3.78. The van der Waals surface area contributed by atoms with Gasteiger partial charge in [0.05, 0.1) is 17.3 Å². The van der Waals surface area contributed by atoms with E-state index in [0.29, 0.717) is 0 Å². The van der Waals surface area contributed by atoms with Gasteiger partial charge in [0.1, 0.15) is 0 Å². The Labute approximate surface area is 122 Å². The van der Waals surface area contributed by atoms with Gasteiger partial charge in [-0.05, 0) is 57.1 Å². The lowest BCUT2D eigenvalue weighted by atomic mass is 9.78. The van der Waals surface area contributed by atoms with Crippen LogP contribution in [0.5, 0.6) is 0 Å². The maximum Gasteiger partial charge on any atom is 0.494 e. The maximum atomic E-state index is 9.84. The van der Waals surface area contributed by atoms with Crippen molar-refractivity contribution in [2.75, 3.05) is 0 Å². The minimum atomic E-state index is -0.312. The topological polar surface area (TPSA) is 38.7 Å². The van der Waals surface area contributed by atoms with Crippen LogP contribution in [-0.2, 0) is 15.7 Å². The Morgan fingerprint density at radius 1 is 1.15 bits per heavy atom. The molecule has 0 radical (unpaired) electrons. The minimum absolute atomic E-state index is 0. The second kappa shape index (κ2) is 4.87. The average Bonchev–Trinajstić information content (AvgIpc) is 2.78. The van der Waals surface area contributed by atoms with Crippen LogP contribution in [-0.4, -0.2) is 23.4 Å². The van der Waals surface area contributed by atoms with E-state index in [-0.39, 0.29) is 31.9 Å². The fourth-order valence-corrected chi connectivity index (χ4v) is 2.74. The molecule has 1 aromatic carbocycles. The quantitative estimate of drug-likeness (QED) is 0.801. The lowest BCUT2D eigenvalue weighted by Gasteiger charge is -2.32. The van der Waals surface area contributed by atoms with Crippen molar-refractivity contribution < 1.29 is 14.4 Å². The van der Waals surface area contributed by atoms with Crippen LogP contribution in [0.25, 0.3) is 0 Å². The number of rotatable bonds is 1. The van der Waals surface area contributed by atoms with E-state index in [1.54, 1.807) is 0 Å². The molecule has 1 atom stereocenters. The molecule has 1 saturated heterocycles. The third-order valence-corrected chi connectivity index (χ3v) is 4.74. The van der Waals surface area contributed by atoms with Crippen molar-refractivity contribution in [2.24, 2.45) is 0 Å². The SMILES string of the molecule is C.CC1(C)OB(c2ccc3c(c2)CC[C@@H]3O)OC1(C)C. The molecule has 0 spiro atoms. The fourth-order valence-electron chi connectivity index (χ4n) is 2.74. The van der Waals surface area contributed by atoms with E-state index in [1.165, 1.54) is 5.56 Å². The summed E-state index contributed by atoms with van der Waals surface area (Å²) in [6.07, 6.45) is 1.45. The van der Waals surface area contributed by atoms with E-state index in [4.69, 9.17) is 9.31 Å². The molecule has 0 bridgehead atoms. The van der Waals surface area contributed by atoms with Gasteiger partial charge in [0.25, 0.3) is 0 Å². The van der Waals surface area contributed by atoms with Crippen LogP contribution in [0.3, 0.4) is 0 Å². The van der Waals surface area contributed by atoms with Crippen molar-refractivity contribution in [3.63, 3.8) is 0 Å². The summed E-state index contributed by atoms with van der Waals surface area (Å²) in [5.41, 5.74) is 2.71. The molecule has 1 aliphatic heterocycles. The number of aryl methyl sites for hydroxylation is 1. The molecule has 0 aromatic heterocycles. The summed E-state index contributed by atoms with van der Waals surface area (Å²) in [5, 5.41) is 9.84. The van der Waals surface area contributed by atoms with Crippen LogP contribution in [0.15, 0.2) is 18.2 Å². The molecule has 1 fully saturated rings. The lowest BCUT2D eigenvalue weighted by molar-refractivity contribution is 0.00578. The van der Waals surface area contributed by atoms with Gasteiger partial charge in [0.15, 0.2) is 0 Å². The normalized spacial score (nSPS) is 26.2. The van der Waals surface area contributed by atoms with Gasteiger partial charge in [0.2, 0.25) is 0 Å². The predicted molar refractivity (Wildman–Crippen MR) is 82.2 cm³/mol. The van der Waals surface area contributed by atoms with Gasteiger partial charge in [-0.25, -0.2) is 0 Å². The molecule has 0 amide bonds. The molecular formula is C16H25BO3. The van der Waals surface area contributed by atoms with Crippen LogP contribution < -0.4 is 5.46 Å². The summed E-state index contributed by atoms with van der Waals surface area (Å²) in [6.45, 7) is 8.24. The number of fused-ring (bicyclic) bond motifs is 1. The number of benzene rings is 1. The average molecular weight is 276 g/mol. The zero-order valence-electron chi connectivity index (χ0n) is 12.1. The van der Waals surface area contributed by atoms with Crippen LogP contribution in [0.4, 0.5) is 0 Å². The van der Waals surface area contributed by atoms with Gasteiger partial charge in [-0.15, -0.1) is 0 Å². The summed E-state index contributed by atoms with van der Waals surface area (Å²) in [5.74, 6) is 0. The van der Waals surface area contributed by atoms with Gasteiger partial charge >= 0.3 is 7.12 Å². The van der Waals surface area contributed by atoms with Crippen LogP contribution in [0.1, 0.15) is 58.8 Å². The van der Waals surface area contributed by atoms with Crippen molar-refractivity contribution in [1.82, 2.24) is 0 Å². The zero-order chi connectivity index (χ0) is 13.8. The summed E-state index contributed by atoms with van der Waals surface area (Å²) >= 11 is 0. The van der Waals surface area contributed by atoms with Crippen molar-refractivity contribution >= 4 is 12.6 Å². The number of aliphatic hydroxyl groups excluding tert-OH is 1. The van der Waals surface area contributed by atoms with Crippen LogP contribution in [0, 0.1) is 0 Å². The van der Waals surface area contributed by atoms with Gasteiger partial charge in [-0.1, -0.05) is 25.6 Å². The molecule has 20 heavy (non-hydrogen) atoms. The fraction of sp³-hybridized carbons (Fsp3) is 0.625. The molecule has 0 saturated carbocycles. The molecule has 1 heterocycles. The molecule has 2 aliphatic rings. The Morgan fingerprint density at radius 3 is 2.35 bits per heavy atom. The highest BCUT2D eigenvalue weighted by atomic mass is 16.7. The summed E-state index contributed by atoms with van der Waals surface area (Å²) < 4.78 is 12.1. The zero-order valence-corrected chi connectivity index (χ0v) is 12.1. The third kappa shape index (κ3) is 2.30. The second-order valence-electron chi connectivity index (χ2n) is 6.60.